The van der Waals surface area contributed by atoms with Crippen molar-refractivity contribution in [1.29, 1.82) is 0 Å². The minimum atomic E-state index is -4.38. The van der Waals surface area contributed by atoms with E-state index in [4.69, 9.17) is 10.8 Å². The second kappa shape index (κ2) is 5.84. The van der Waals surface area contributed by atoms with Crippen LogP contribution in [0.25, 0.3) is 0 Å². The topological polar surface area (TPSA) is 46.2 Å². The summed E-state index contributed by atoms with van der Waals surface area (Å²) in [6, 6.07) is 3.13. The van der Waals surface area contributed by atoms with Crippen molar-refractivity contribution in [2.24, 2.45) is 5.73 Å². The van der Waals surface area contributed by atoms with Gasteiger partial charge in [0.25, 0.3) is 0 Å². The monoisotopic (exact) mass is 311 g/mol. The molecule has 0 heterocycles. The molecule has 6 heteroatoms. The van der Waals surface area contributed by atoms with E-state index in [1.54, 1.807) is 6.07 Å². The summed E-state index contributed by atoms with van der Waals surface area (Å²) in [5.74, 6) is 0. The number of rotatable bonds is 4. The normalized spacial score (nSPS) is 13.8. The maximum Gasteiger partial charge on any atom is 0.416 e. The van der Waals surface area contributed by atoms with Gasteiger partial charge in [0.15, 0.2) is 0 Å². The molecule has 0 fully saturated rings. The van der Waals surface area contributed by atoms with Crippen LogP contribution in [0.1, 0.15) is 30.0 Å². The lowest BCUT2D eigenvalue weighted by molar-refractivity contribution is -0.137. The average Bonchev–Trinajstić information content (AvgIpc) is 2.23. The molecule has 17 heavy (non-hydrogen) atoms. The van der Waals surface area contributed by atoms with Gasteiger partial charge in [0.1, 0.15) is 0 Å². The van der Waals surface area contributed by atoms with E-state index in [0.717, 1.165) is 12.1 Å². The van der Waals surface area contributed by atoms with Gasteiger partial charge in [0, 0.05) is 17.1 Å². The lowest BCUT2D eigenvalue weighted by Gasteiger charge is -2.15. The van der Waals surface area contributed by atoms with Gasteiger partial charge in [-0.2, -0.15) is 13.2 Å². The van der Waals surface area contributed by atoms with Crippen LogP contribution >= 0.6 is 15.9 Å². The molecule has 0 aromatic heterocycles. The van der Waals surface area contributed by atoms with Crippen LogP contribution in [0.3, 0.4) is 0 Å². The Balaban J connectivity index is 2.97. The Morgan fingerprint density at radius 2 is 1.94 bits per heavy atom. The zero-order chi connectivity index (χ0) is 13.1. The number of alkyl halides is 3. The third-order valence-corrected chi connectivity index (χ3v) is 2.81. The first-order chi connectivity index (χ1) is 7.84. The molecule has 2 nitrogen and oxygen atoms in total. The van der Waals surface area contributed by atoms with Gasteiger partial charge in [-0.3, -0.25) is 0 Å². The Morgan fingerprint density at radius 1 is 1.29 bits per heavy atom. The smallest absolute Gasteiger partial charge is 0.396 e. The van der Waals surface area contributed by atoms with Gasteiger partial charge in [0.05, 0.1) is 5.56 Å². The lowest BCUT2D eigenvalue weighted by Crippen LogP contribution is -2.13. The molecule has 0 aliphatic heterocycles. The van der Waals surface area contributed by atoms with Crippen molar-refractivity contribution in [2.75, 3.05) is 6.61 Å². The Labute approximate surface area is 106 Å². The fourth-order valence-corrected chi connectivity index (χ4v) is 1.98. The van der Waals surface area contributed by atoms with Gasteiger partial charge in [-0.1, -0.05) is 15.9 Å². The average molecular weight is 312 g/mol. The van der Waals surface area contributed by atoms with Crippen LogP contribution in [0.4, 0.5) is 13.2 Å². The molecule has 1 rings (SSSR count). The van der Waals surface area contributed by atoms with Crippen molar-refractivity contribution in [1.82, 2.24) is 0 Å². The predicted octanol–water partition coefficient (Wildman–Crippen LogP) is 3.24. The maximum absolute atomic E-state index is 12.6. The van der Waals surface area contributed by atoms with Gasteiger partial charge < -0.3 is 10.8 Å². The highest BCUT2D eigenvalue weighted by Gasteiger charge is 2.31. The van der Waals surface area contributed by atoms with Gasteiger partial charge in [0.2, 0.25) is 0 Å². The van der Waals surface area contributed by atoms with Crippen LogP contribution in [0, 0.1) is 0 Å². The van der Waals surface area contributed by atoms with Crippen molar-refractivity contribution < 1.29 is 18.3 Å². The van der Waals surface area contributed by atoms with E-state index in [2.05, 4.69) is 15.9 Å². The van der Waals surface area contributed by atoms with Crippen LogP contribution in [0.15, 0.2) is 22.7 Å². The molecule has 96 valence electrons. The van der Waals surface area contributed by atoms with E-state index in [9.17, 15) is 13.2 Å². The number of hydrogen-bond donors (Lipinski definition) is 2. The first-order valence-corrected chi connectivity index (χ1v) is 5.88. The number of hydrogen-bond acceptors (Lipinski definition) is 2. The largest absolute Gasteiger partial charge is 0.416 e. The Kier molecular flexibility index (Phi) is 4.97. The fraction of sp³-hybridized carbons (Fsp3) is 0.455. The van der Waals surface area contributed by atoms with Gasteiger partial charge in [-0.15, -0.1) is 0 Å². The van der Waals surface area contributed by atoms with Crippen molar-refractivity contribution in [3.05, 3.63) is 33.8 Å². The number of aliphatic hydroxyl groups excluding tert-OH is 1. The van der Waals surface area contributed by atoms with Gasteiger partial charge in [-0.25, -0.2) is 0 Å². The van der Waals surface area contributed by atoms with Crippen LogP contribution in [-0.2, 0) is 6.18 Å². The van der Waals surface area contributed by atoms with E-state index in [0.29, 0.717) is 22.9 Å². The first-order valence-electron chi connectivity index (χ1n) is 5.08. The van der Waals surface area contributed by atoms with Gasteiger partial charge in [-0.05, 0) is 36.6 Å². The van der Waals surface area contributed by atoms with Crippen LogP contribution in [-0.4, -0.2) is 11.7 Å². The molecule has 0 aliphatic rings. The molecule has 0 bridgehead atoms. The summed E-state index contributed by atoms with van der Waals surface area (Å²) in [7, 11) is 0. The molecule has 1 aromatic carbocycles. The van der Waals surface area contributed by atoms with Crippen LogP contribution in [0.2, 0.25) is 0 Å². The molecule has 1 aromatic rings. The lowest BCUT2D eigenvalue weighted by atomic mass is 10.0. The number of halogens is 4. The summed E-state index contributed by atoms with van der Waals surface area (Å²) < 4.78 is 38.0. The van der Waals surface area contributed by atoms with Crippen LogP contribution in [0.5, 0.6) is 0 Å². The minimum absolute atomic E-state index is 0.0200. The molecular formula is C11H13BrF3NO. The summed E-state index contributed by atoms with van der Waals surface area (Å²) >= 11 is 3.04. The second-order valence-electron chi connectivity index (χ2n) is 3.74. The Bertz CT molecular complexity index is 381. The van der Waals surface area contributed by atoms with E-state index < -0.39 is 17.8 Å². The fourth-order valence-electron chi connectivity index (χ4n) is 1.47. The second-order valence-corrected chi connectivity index (χ2v) is 4.66. The molecule has 0 aliphatic carbocycles. The number of benzene rings is 1. The molecule has 3 N–H and O–H groups in total. The summed E-state index contributed by atoms with van der Waals surface area (Å²) in [6.45, 7) is -0.0200. The molecule has 0 radical (unpaired) electrons. The number of nitrogens with two attached hydrogens (primary N) is 1. The summed E-state index contributed by atoms with van der Waals surface area (Å²) in [4.78, 5) is 0. The molecule has 0 amide bonds. The van der Waals surface area contributed by atoms with E-state index in [1.807, 2.05) is 0 Å². The summed E-state index contributed by atoms with van der Waals surface area (Å²) in [5, 5.41) is 8.66. The SMILES string of the molecule is N[C@H](CCCO)c1cc(Br)cc(C(F)(F)F)c1. The maximum atomic E-state index is 12.6. The standard InChI is InChI=1S/C11H13BrF3NO/c12-9-5-7(10(16)2-1-3-17)4-8(6-9)11(13,14)15/h4-6,10,17H,1-3,16H2/t10-/m1/s1. The van der Waals surface area contributed by atoms with Gasteiger partial charge >= 0.3 is 6.18 Å². The predicted molar refractivity (Wildman–Crippen MR) is 62.4 cm³/mol. The van der Waals surface area contributed by atoms with Crippen molar-refractivity contribution in [3.63, 3.8) is 0 Å². The minimum Gasteiger partial charge on any atom is -0.396 e. The Morgan fingerprint density at radius 3 is 2.47 bits per heavy atom. The molecular weight excluding hydrogens is 299 g/mol. The number of aliphatic hydroxyl groups is 1. The van der Waals surface area contributed by atoms with E-state index in [-0.39, 0.29) is 6.61 Å². The van der Waals surface area contributed by atoms with E-state index in [1.165, 1.54) is 0 Å². The highest BCUT2D eigenvalue weighted by molar-refractivity contribution is 9.10. The highest BCUT2D eigenvalue weighted by Crippen LogP contribution is 2.33. The quantitative estimate of drug-likeness (QED) is 0.896. The molecule has 0 spiro atoms. The zero-order valence-electron chi connectivity index (χ0n) is 8.97. The van der Waals surface area contributed by atoms with Crippen LogP contribution < -0.4 is 5.73 Å². The molecule has 0 saturated carbocycles. The third kappa shape index (κ3) is 4.29. The third-order valence-electron chi connectivity index (χ3n) is 2.35. The Hall–Kier alpha value is -0.590. The van der Waals surface area contributed by atoms with Crippen molar-refractivity contribution >= 4 is 15.9 Å². The summed E-state index contributed by atoms with van der Waals surface area (Å²) in [5.41, 5.74) is 5.46. The van der Waals surface area contributed by atoms with E-state index >= 15 is 0 Å². The zero-order valence-corrected chi connectivity index (χ0v) is 10.6. The van der Waals surface area contributed by atoms with Crippen molar-refractivity contribution in [3.8, 4) is 0 Å². The molecule has 0 unspecified atom stereocenters. The molecule has 0 saturated heterocycles. The first kappa shape index (κ1) is 14.5. The molecule has 1 atom stereocenters. The highest BCUT2D eigenvalue weighted by atomic mass is 79.9. The summed E-state index contributed by atoms with van der Waals surface area (Å²) in [6.07, 6.45) is -3.46. The van der Waals surface area contributed by atoms with Crippen molar-refractivity contribution in [2.45, 2.75) is 25.1 Å².